The summed E-state index contributed by atoms with van der Waals surface area (Å²) in [5.74, 6) is -0.789. The van der Waals surface area contributed by atoms with Gasteiger partial charge in [-0.3, -0.25) is 0 Å². The molecule has 0 unspecified atom stereocenters. The average Bonchev–Trinajstić information content (AvgIpc) is 3.24. The number of nitrogens with zero attached hydrogens (tertiary/aromatic N) is 1. The number of carbonyl (C=O) groups is 1. The van der Waals surface area contributed by atoms with Crippen molar-refractivity contribution < 1.29 is 26.5 Å². The highest BCUT2D eigenvalue weighted by atomic mass is 32.2. The molecule has 208 valence electrons. The van der Waals surface area contributed by atoms with Gasteiger partial charge in [0.05, 0.1) is 9.79 Å². The van der Waals surface area contributed by atoms with E-state index in [4.69, 9.17) is 4.84 Å². The molecule has 9 nitrogen and oxygen atoms in total. The first-order chi connectivity index (χ1) is 18.7. The van der Waals surface area contributed by atoms with E-state index in [1.54, 1.807) is 12.1 Å². The largest absolute Gasteiger partial charge is 0.358 e. The third-order valence-electron chi connectivity index (χ3n) is 7.65. The standard InChI is InChI=1S/C28H33N3O6S2/c1-2-27(32)37-29-28-25-17-21(38(33,34)30-19-9-5-3-6-10-19)13-15-23(25)24-16-14-22(18-26(24)28)39(35,36)31-20-11-7-4-8-12-20/h2,13-20,30-31H,1,3-12H2. The zero-order chi connectivity index (χ0) is 27.6. The van der Waals surface area contributed by atoms with E-state index in [9.17, 15) is 21.6 Å². The molecular weight excluding hydrogens is 538 g/mol. The molecule has 3 aliphatic carbocycles. The minimum atomic E-state index is -3.81. The zero-order valence-electron chi connectivity index (χ0n) is 21.7. The normalized spacial score (nSPS) is 18.3. The maximum atomic E-state index is 13.2. The molecule has 0 spiro atoms. The summed E-state index contributed by atoms with van der Waals surface area (Å²) in [6.45, 7) is 3.38. The predicted molar refractivity (Wildman–Crippen MR) is 148 cm³/mol. The van der Waals surface area contributed by atoms with Gasteiger partial charge in [-0.05, 0) is 61.1 Å². The van der Waals surface area contributed by atoms with E-state index in [1.165, 1.54) is 24.3 Å². The number of hydrogen-bond acceptors (Lipinski definition) is 7. The van der Waals surface area contributed by atoms with Crippen LogP contribution in [0.2, 0.25) is 0 Å². The minimum Gasteiger partial charge on any atom is -0.313 e. The second-order valence-electron chi connectivity index (χ2n) is 10.4. The topological polar surface area (TPSA) is 131 Å². The van der Waals surface area contributed by atoms with Gasteiger partial charge in [-0.1, -0.05) is 62.4 Å². The van der Waals surface area contributed by atoms with Crippen molar-refractivity contribution in [2.75, 3.05) is 0 Å². The molecule has 3 aliphatic rings. The van der Waals surface area contributed by atoms with Crippen LogP contribution in [0, 0.1) is 0 Å². The Hall–Kier alpha value is -2.86. The highest BCUT2D eigenvalue weighted by molar-refractivity contribution is 7.89. The maximum absolute atomic E-state index is 13.2. The molecule has 2 aromatic rings. The van der Waals surface area contributed by atoms with Crippen molar-refractivity contribution in [3.05, 3.63) is 60.2 Å². The third-order valence-corrected chi connectivity index (χ3v) is 10.7. The fraction of sp³-hybridized carbons (Fsp3) is 0.429. The summed E-state index contributed by atoms with van der Waals surface area (Å²) in [5, 5.41) is 4.02. The van der Waals surface area contributed by atoms with Crippen molar-refractivity contribution in [1.82, 2.24) is 9.44 Å². The Bertz CT molecular complexity index is 1420. The van der Waals surface area contributed by atoms with E-state index in [-0.39, 0.29) is 27.6 Å². The predicted octanol–water partition coefficient (Wildman–Crippen LogP) is 4.37. The van der Waals surface area contributed by atoms with E-state index >= 15 is 0 Å². The minimum absolute atomic E-state index is 0.0641. The van der Waals surface area contributed by atoms with Gasteiger partial charge in [-0.2, -0.15) is 0 Å². The van der Waals surface area contributed by atoms with Gasteiger partial charge in [-0.15, -0.1) is 0 Å². The van der Waals surface area contributed by atoms with Crippen LogP contribution in [-0.4, -0.2) is 40.6 Å². The number of sulfonamides is 2. The van der Waals surface area contributed by atoms with Gasteiger partial charge >= 0.3 is 5.97 Å². The van der Waals surface area contributed by atoms with Gasteiger partial charge in [0, 0.05) is 29.3 Å². The number of oxime groups is 1. The molecule has 5 rings (SSSR count). The van der Waals surface area contributed by atoms with Gasteiger partial charge in [0.2, 0.25) is 20.0 Å². The Kier molecular flexibility index (Phi) is 8.04. The molecule has 0 amide bonds. The van der Waals surface area contributed by atoms with E-state index < -0.39 is 26.0 Å². The molecule has 2 saturated carbocycles. The summed E-state index contributed by atoms with van der Waals surface area (Å²) in [7, 11) is -7.62. The van der Waals surface area contributed by atoms with Crippen molar-refractivity contribution >= 4 is 31.7 Å². The lowest BCUT2D eigenvalue weighted by Gasteiger charge is -2.22. The molecule has 11 heteroatoms. The summed E-state index contributed by atoms with van der Waals surface area (Å²) in [6.07, 6.45) is 10.3. The number of nitrogens with one attached hydrogen (secondary N) is 2. The molecule has 0 aliphatic heterocycles. The molecule has 39 heavy (non-hydrogen) atoms. The van der Waals surface area contributed by atoms with Crippen molar-refractivity contribution in [1.29, 1.82) is 0 Å². The fourth-order valence-electron chi connectivity index (χ4n) is 5.63. The molecule has 0 bridgehead atoms. The summed E-state index contributed by atoms with van der Waals surface area (Å²) in [4.78, 5) is 16.9. The summed E-state index contributed by atoms with van der Waals surface area (Å²) >= 11 is 0. The highest BCUT2D eigenvalue weighted by Gasteiger charge is 2.31. The number of fused-ring (bicyclic) bond motifs is 3. The maximum Gasteiger partial charge on any atom is 0.358 e. The van der Waals surface area contributed by atoms with Crippen LogP contribution in [0.1, 0.15) is 75.3 Å². The van der Waals surface area contributed by atoms with Gasteiger partial charge in [-0.25, -0.2) is 31.1 Å². The van der Waals surface area contributed by atoms with E-state index in [0.717, 1.165) is 70.3 Å². The first kappa shape index (κ1) is 27.7. The second-order valence-corrected chi connectivity index (χ2v) is 13.8. The van der Waals surface area contributed by atoms with E-state index in [2.05, 4.69) is 21.2 Å². The van der Waals surface area contributed by atoms with Crippen LogP contribution < -0.4 is 9.44 Å². The van der Waals surface area contributed by atoms with Crippen molar-refractivity contribution in [2.45, 2.75) is 86.1 Å². The Morgan fingerprint density at radius 3 is 1.59 bits per heavy atom. The zero-order valence-corrected chi connectivity index (χ0v) is 23.3. The van der Waals surface area contributed by atoms with Gasteiger partial charge < -0.3 is 4.84 Å². The van der Waals surface area contributed by atoms with Gasteiger partial charge in [0.25, 0.3) is 0 Å². The summed E-state index contributed by atoms with van der Waals surface area (Å²) in [5.41, 5.74) is 2.38. The molecule has 0 heterocycles. The van der Waals surface area contributed by atoms with Crippen molar-refractivity contribution in [2.24, 2.45) is 5.16 Å². The van der Waals surface area contributed by atoms with Crippen LogP contribution >= 0.6 is 0 Å². The van der Waals surface area contributed by atoms with E-state index in [0.29, 0.717) is 22.3 Å². The molecular formula is C28H33N3O6S2. The third kappa shape index (κ3) is 6.01. The van der Waals surface area contributed by atoms with Crippen LogP contribution in [0.5, 0.6) is 0 Å². The average molecular weight is 572 g/mol. The van der Waals surface area contributed by atoms with Crippen LogP contribution in [0.4, 0.5) is 0 Å². The van der Waals surface area contributed by atoms with Crippen LogP contribution in [0.15, 0.2) is 64.0 Å². The molecule has 2 N–H and O–H groups in total. The SMILES string of the molecule is C=CC(=O)ON=C1c2cc(S(=O)(=O)NC3CCCCC3)ccc2-c2ccc(S(=O)(=O)NC3CCCCC3)cc21. The summed E-state index contributed by atoms with van der Waals surface area (Å²) < 4.78 is 58.5. The lowest BCUT2D eigenvalue weighted by atomic mass is 9.96. The quantitative estimate of drug-likeness (QED) is 0.235. The molecule has 2 aromatic carbocycles. The first-order valence-electron chi connectivity index (χ1n) is 13.4. The van der Waals surface area contributed by atoms with E-state index in [1.807, 2.05) is 0 Å². The molecule has 0 saturated heterocycles. The lowest BCUT2D eigenvalue weighted by Crippen LogP contribution is -2.36. The highest BCUT2D eigenvalue weighted by Crippen LogP contribution is 2.39. The fourth-order valence-corrected chi connectivity index (χ4v) is 8.29. The molecule has 0 atom stereocenters. The van der Waals surface area contributed by atoms with Crippen LogP contribution in [-0.2, 0) is 29.7 Å². The smallest absolute Gasteiger partial charge is 0.313 e. The van der Waals surface area contributed by atoms with Crippen molar-refractivity contribution in [3.63, 3.8) is 0 Å². The lowest BCUT2D eigenvalue weighted by molar-refractivity contribution is -0.137. The second kappa shape index (κ2) is 11.3. The molecule has 2 fully saturated rings. The Balaban J connectivity index is 1.51. The Morgan fingerprint density at radius 1 is 0.744 bits per heavy atom. The Morgan fingerprint density at radius 2 is 1.18 bits per heavy atom. The van der Waals surface area contributed by atoms with Crippen molar-refractivity contribution in [3.8, 4) is 11.1 Å². The number of carbonyl (C=O) groups excluding carboxylic acids is 1. The first-order valence-corrected chi connectivity index (χ1v) is 16.4. The molecule has 0 radical (unpaired) electrons. The van der Waals surface area contributed by atoms with Crippen LogP contribution in [0.25, 0.3) is 11.1 Å². The Labute approximate surface area is 229 Å². The monoisotopic (exact) mass is 571 g/mol. The number of benzene rings is 2. The van der Waals surface area contributed by atoms with Gasteiger partial charge in [0.1, 0.15) is 5.71 Å². The van der Waals surface area contributed by atoms with Gasteiger partial charge in [0.15, 0.2) is 0 Å². The number of rotatable bonds is 8. The van der Waals surface area contributed by atoms with Crippen LogP contribution in [0.3, 0.4) is 0 Å². The number of hydrogen-bond donors (Lipinski definition) is 2. The summed E-state index contributed by atoms with van der Waals surface area (Å²) in [6, 6.07) is 9.18. The molecule has 0 aromatic heterocycles.